The fourth-order valence-electron chi connectivity index (χ4n) is 1.60. The lowest BCUT2D eigenvalue weighted by molar-refractivity contribution is 0.819. The summed E-state index contributed by atoms with van der Waals surface area (Å²) < 4.78 is 0. The zero-order valence-corrected chi connectivity index (χ0v) is 11.0. The van der Waals surface area contributed by atoms with Crippen LogP contribution in [-0.2, 0) is 0 Å². The topological polar surface area (TPSA) is 38.9 Å². The lowest BCUT2D eigenvalue weighted by Crippen LogP contribution is -2.04. The molecule has 1 unspecified atom stereocenters. The van der Waals surface area contributed by atoms with E-state index in [0.29, 0.717) is 5.02 Å². The van der Waals surface area contributed by atoms with Crippen LogP contribution in [0.3, 0.4) is 0 Å². The highest BCUT2D eigenvalue weighted by Gasteiger charge is 2.05. The fourth-order valence-corrected chi connectivity index (χ4v) is 1.83. The summed E-state index contributed by atoms with van der Waals surface area (Å²) in [7, 11) is 0. The van der Waals surface area contributed by atoms with E-state index in [9.17, 15) is 0 Å². The highest BCUT2D eigenvalue weighted by atomic mass is 35.5. The van der Waals surface area contributed by atoms with Gasteiger partial charge in [-0.1, -0.05) is 29.8 Å². The van der Waals surface area contributed by atoms with Crippen LogP contribution in [0.5, 0.6) is 0 Å². The summed E-state index contributed by atoms with van der Waals surface area (Å²) in [4.78, 5) is 3.97. The molecular formula is C13H14Cl2N2. The van der Waals surface area contributed by atoms with Gasteiger partial charge in [-0.2, -0.15) is 0 Å². The Morgan fingerprint density at radius 1 is 1.29 bits per heavy atom. The molecule has 0 spiro atoms. The summed E-state index contributed by atoms with van der Waals surface area (Å²) in [6.45, 7) is 1.97. The molecule has 1 aromatic carbocycles. The van der Waals surface area contributed by atoms with Crippen LogP contribution >= 0.6 is 24.0 Å². The van der Waals surface area contributed by atoms with Gasteiger partial charge in [-0.15, -0.1) is 12.4 Å². The van der Waals surface area contributed by atoms with Crippen molar-refractivity contribution < 1.29 is 0 Å². The minimum Gasteiger partial charge on any atom is -0.324 e. The van der Waals surface area contributed by atoms with Crippen LogP contribution in [0, 0.1) is 0 Å². The molecule has 1 atom stereocenters. The minimum atomic E-state index is 0. The first-order valence-corrected chi connectivity index (χ1v) is 5.51. The van der Waals surface area contributed by atoms with Crippen LogP contribution in [0.25, 0.3) is 11.1 Å². The zero-order valence-electron chi connectivity index (χ0n) is 9.43. The number of benzene rings is 1. The van der Waals surface area contributed by atoms with Crippen molar-refractivity contribution in [3.63, 3.8) is 0 Å². The van der Waals surface area contributed by atoms with Gasteiger partial charge in [0.25, 0.3) is 0 Å². The second kappa shape index (κ2) is 6.01. The van der Waals surface area contributed by atoms with E-state index < -0.39 is 0 Å². The van der Waals surface area contributed by atoms with Gasteiger partial charge in [0.1, 0.15) is 0 Å². The summed E-state index contributed by atoms with van der Waals surface area (Å²) in [6, 6.07) is 10.0. The fraction of sp³-hybridized carbons (Fsp3) is 0.154. The molecule has 0 radical (unpaired) electrons. The zero-order chi connectivity index (χ0) is 11.5. The maximum Gasteiger partial charge on any atom is 0.0667 e. The van der Waals surface area contributed by atoms with E-state index in [1.165, 1.54) is 0 Å². The van der Waals surface area contributed by atoms with Gasteiger partial charge in [-0.25, -0.2) is 0 Å². The molecule has 4 heteroatoms. The molecule has 2 nitrogen and oxygen atoms in total. The van der Waals surface area contributed by atoms with Gasteiger partial charge < -0.3 is 5.73 Å². The maximum atomic E-state index is 6.10. The third kappa shape index (κ3) is 3.19. The second-order valence-electron chi connectivity index (χ2n) is 3.77. The van der Waals surface area contributed by atoms with Crippen LogP contribution in [0.2, 0.25) is 5.02 Å². The van der Waals surface area contributed by atoms with Crippen LogP contribution in [0.4, 0.5) is 0 Å². The first kappa shape index (κ1) is 14.0. The van der Waals surface area contributed by atoms with E-state index >= 15 is 0 Å². The Kier molecular flexibility index (Phi) is 4.94. The Morgan fingerprint density at radius 2 is 2.06 bits per heavy atom. The first-order chi connectivity index (χ1) is 7.68. The monoisotopic (exact) mass is 268 g/mol. The molecule has 0 aliphatic carbocycles. The molecule has 17 heavy (non-hydrogen) atoms. The highest BCUT2D eigenvalue weighted by Crippen LogP contribution is 2.28. The Bertz CT molecular complexity index is 498. The van der Waals surface area contributed by atoms with Crippen molar-refractivity contribution in [1.82, 2.24) is 4.98 Å². The van der Waals surface area contributed by atoms with E-state index in [-0.39, 0.29) is 18.4 Å². The van der Waals surface area contributed by atoms with Crippen molar-refractivity contribution in [2.24, 2.45) is 5.73 Å². The van der Waals surface area contributed by atoms with Gasteiger partial charge >= 0.3 is 0 Å². The van der Waals surface area contributed by atoms with Crippen molar-refractivity contribution in [2.45, 2.75) is 13.0 Å². The molecule has 2 rings (SSSR count). The quantitative estimate of drug-likeness (QED) is 0.899. The van der Waals surface area contributed by atoms with Gasteiger partial charge in [0.15, 0.2) is 0 Å². The van der Waals surface area contributed by atoms with Crippen LogP contribution in [0.15, 0.2) is 42.7 Å². The molecule has 2 aromatic rings. The highest BCUT2D eigenvalue weighted by molar-refractivity contribution is 6.33. The molecule has 0 bridgehead atoms. The summed E-state index contributed by atoms with van der Waals surface area (Å²) in [5.41, 5.74) is 9.01. The van der Waals surface area contributed by atoms with Crippen molar-refractivity contribution in [1.29, 1.82) is 0 Å². The molecule has 0 aliphatic rings. The first-order valence-electron chi connectivity index (χ1n) is 5.14. The number of rotatable bonds is 2. The molecule has 0 amide bonds. The van der Waals surface area contributed by atoms with Gasteiger partial charge in [0.2, 0.25) is 0 Å². The van der Waals surface area contributed by atoms with Crippen molar-refractivity contribution in [3.8, 4) is 11.1 Å². The van der Waals surface area contributed by atoms with Crippen molar-refractivity contribution >= 4 is 24.0 Å². The van der Waals surface area contributed by atoms with E-state index in [2.05, 4.69) is 11.1 Å². The number of nitrogens with zero attached hydrogens (tertiary/aromatic N) is 1. The van der Waals surface area contributed by atoms with Gasteiger partial charge in [0, 0.05) is 24.0 Å². The molecule has 2 N–H and O–H groups in total. The number of halogens is 2. The molecule has 0 saturated heterocycles. The molecule has 1 heterocycles. The predicted octanol–water partition coefficient (Wildman–Crippen LogP) is 3.84. The Hall–Kier alpha value is -1.09. The largest absolute Gasteiger partial charge is 0.324 e. The van der Waals surface area contributed by atoms with E-state index in [4.69, 9.17) is 17.3 Å². The SMILES string of the molecule is CC(N)c1cccc(-c2ccncc2Cl)c1.Cl. The normalized spacial score (nSPS) is 11.7. The van der Waals surface area contributed by atoms with Crippen LogP contribution in [-0.4, -0.2) is 4.98 Å². The lowest BCUT2D eigenvalue weighted by Gasteiger charge is -2.09. The Labute approximate surface area is 112 Å². The Balaban J connectivity index is 0.00000144. The number of hydrogen-bond donors (Lipinski definition) is 1. The van der Waals surface area contributed by atoms with Crippen LogP contribution < -0.4 is 5.73 Å². The van der Waals surface area contributed by atoms with E-state index in [1.54, 1.807) is 12.4 Å². The maximum absolute atomic E-state index is 6.10. The number of nitrogens with two attached hydrogens (primary N) is 1. The number of hydrogen-bond acceptors (Lipinski definition) is 2. The summed E-state index contributed by atoms with van der Waals surface area (Å²) in [5.74, 6) is 0. The van der Waals surface area contributed by atoms with Gasteiger partial charge in [0.05, 0.1) is 5.02 Å². The standard InChI is InChI=1S/C13H13ClN2.ClH/c1-9(15)10-3-2-4-11(7-10)12-5-6-16-8-13(12)14;/h2-9H,15H2,1H3;1H. The number of aromatic nitrogens is 1. The third-order valence-corrected chi connectivity index (χ3v) is 2.80. The van der Waals surface area contributed by atoms with Gasteiger partial charge in [-0.05, 0) is 30.2 Å². The molecule has 0 saturated carbocycles. The van der Waals surface area contributed by atoms with Crippen LogP contribution in [0.1, 0.15) is 18.5 Å². The number of pyridine rings is 1. The molecule has 0 aliphatic heterocycles. The summed E-state index contributed by atoms with van der Waals surface area (Å²) >= 11 is 6.10. The van der Waals surface area contributed by atoms with Gasteiger partial charge in [-0.3, -0.25) is 4.98 Å². The molecule has 0 fully saturated rings. The van der Waals surface area contributed by atoms with Crippen molar-refractivity contribution in [3.05, 3.63) is 53.3 Å². The third-order valence-electron chi connectivity index (χ3n) is 2.50. The average Bonchev–Trinajstić information content (AvgIpc) is 2.30. The lowest BCUT2D eigenvalue weighted by atomic mass is 10.0. The van der Waals surface area contributed by atoms with E-state index in [1.807, 2.05) is 31.2 Å². The minimum absolute atomic E-state index is 0. The second-order valence-corrected chi connectivity index (χ2v) is 4.18. The average molecular weight is 269 g/mol. The smallest absolute Gasteiger partial charge is 0.0667 e. The van der Waals surface area contributed by atoms with Crippen molar-refractivity contribution in [2.75, 3.05) is 0 Å². The summed E-state index contributed by atoms with van der Waals surface area (Å²) in [5, 5.41) is 0.657. The molecule has 90 valence electrons. The Morgan fingerprint density at radius 3 is 2.71 bits per heavy atom. The summed E-state index contributed by atoms with van der Waals surface area (Å²) in [6.07, 6.45) is 3.38. The van der Waals surface area contributed by atoms with E-state index in [0.717, 1.165) is 16.7 Å². The molecular weight excluding hydrogens is 255 g/mol. The molecule has 1 aromatic heterocycles. The predicted molar refractivity (Wildman–Crippen MR) is 74.5 cm³/mol.